The largest absolute Gasteiger partial charge is 0.385 e. The van der Waals surface area contributed by atoms with Crippen molar-refractivity contribution in [1.29, 1.82) is 0 Å². The van der Waals surface area contributed by atoms with Crippen LogP contribution < -0.4 is 5.32 Å². The molecule has 1 saturated carbocycles. The molecule has 1 aliphatic carbocycles. The van der Waals surface area contributed by atoms with Crippen molar-refractivity contribution in [2.45, 2.75) is 30.2 Å². The molecular formula is C15H21NO3S. The smallest absolute Gasteiger partial charge is 0.180 e. The summed E-state index contributed by atoms with van der Waals surface area (Å²) in [7, 11) is -1.38. The molecule has 1 atom stereocenters. The Bertz CT molecular complexity index is 593. The number of methoxy groups -OCH3 is 1. The van der Waals surface area contributed by atoms with Gasteiger partial charge in [-0.15, -0.1) is 0 Å². The van der Waals surface area contributed by atoms with Gasteiger partial charge in [-0.2, -0.15) is 0 Å². The van der Waals surface area contributed by atoms with Crippen LogP contribution in [0.5, 0.6) is 0 Å². The summed E-state index contributed by atoms with van der Waals surface area (Å²) in [6.07, 6.45) is 3.48. The summed E-state index contributed by atoms with van der Waals surface area (Å²) in [5, 5.41) is 3.47. The zero-order valence-corrected chi connectivity index (χ0v) is 12.6. The van der Waals surface area contributed by atoms with E-state index >= 15 is 0 Å². The molecule has 1 aromatic carbocycles. The molecule has 0 radical (unpaired) electrons. The van der Waals surface area contributed by atoms with Crippen LogP contribution in [0.25, 0.3) is 0 Å². The van der Waals surface area contributed by atoms with Gasteiger partial charge in [0.1, 0.15) is 0 Å². The van der Waals surface area contributed by atoms with Gasteiger partial charge in [0.25, 0.3) is 0 Å². The first-order valence-electron chi connectivity index (χ1n) is 7.10. The van der Waals surface area contributed by atoms with E-state index in [9.17, 15) is 8.42 Å². The number of benzene rings is 1. The first-order valence-corrected chi connectivity index (χ1v) is 8.76. The summed E-state index contributed by atoms with van der Waals surface area (Å²) in [4.78, 5) is 0.499. The van der Waals surface area contributed by atoms with Gasteiger partial charge in [-0.25, -0.2) is 8.42 Å². The number of rotatable bonds is 6. The Kier molecular flexibility index (Phi) is 3.60. The fraction of sp³-hybridized carbons (Fsp3) is 0.600. The predicted octanol–water partition coefficient (Wildman–Crippen LogP) is 1.92. The van der Waals surface area contributed by atoms with Gasteiger partial charge in [-0.3, -0.25) is 0 Å². The standard InChI is InChI=1S/C15H21NO3S/c1-19-9-8-15(6-7-15)11-16-13-10-20(17,18)14-5-3-2-4-12(13)14/h2-5,13,16H,6-11H2,1H3. The molecule has 110 valence electrons. The van der Waals surface area contributed by atoms with Crippen molar-refractivity contribution in [3.05, 3.63) is 29.8 Å². The third kappa shape index (κ3) is 2.62. The molecule has 0 aromatic heterocycles. The lowest BCUT2D eigenvalue weighted by Crippen LogP contribution is -2.30. The average Bonchev–Trinajstić information content (AvgIpc) is 3.16. The van der Waals surface area contributed by atoms with E-state index in [-0.39, 0.29) is 11.8 Å². The second-order valence-corrected chi connectivity index (χ2v) is 8.00. The van der Waals surface area contributed by atoms with Gasteiger partial charge in [0.05, 0.1) is 10.6 Å². The molecule has 5 heteroatoms. The van der Waals surface area contributed by atoms with Crippen LogP contribution in [0.1, 0.15) is 30.9 Å². The van der Waals surface area contributed by atoms with Gasteiger partial charge in [0.2, 0.25) is 0 Å². The Morgan fingerprint density at radius 2 is 2.10 bits per heavy atom. The SMILES string of the molecule is COCCC1(CNC2CS(=O)(=O)c3ccccc32)CC1. The average molecular weight is 295 g/mol. The molecule has 3 rings (SSSR count). The van der Waals surface area contributed by atoms with Gasteiger partial charge >= 0.3 is 0 Å². The zero-order chi connectivity index (χ0) is 14.2. The molecule has 4 nitrogen and oxygen atoms in total. The highest BCUT2D eigenvalue weighted by atomic mass is 32.2. The summed E-state index contributed by atoms with van der Waals surface area (Å²) < 4.78 is 29.4. The first-order chi connectivity index (χ1) is 9.56. The van der Waals surface area contributed by atoms with Crippen molar-refractivity contribution in [2.75, 3.05) is 26.0 Å². The lowest BCUT2D eigenvalue weighted by molar-refractivity contribution is 0.170. The van der Waals surface area contributed by atoms with Crippen molar-refractivity contribution >= 4 is 9.84 Å². The minimum atomic E-state index is -3.11. The maximum absolute atomic E-state index is 12.1. The summed E-state index contributed by atoms with van der Waals surface area (Å²) in [5.74, 6) is 0.187. The number of sulfone groups is 1. The molecule has 1 fully saturated rings. The molecule has 1 aromatic rings. The van der Waals surface area contributed by atoms with E-state index in [1.54, 1.807) is 19.2 Å². The number of fused-ring (bicyclic) bond motifs is 1. The van der Waals surface area contributed by atoms with E-state index < -0.39 is 9.84 Å². The van der Waals surface area contributed by atoms with Crippen molar-refractivity contribution < 1.29 is 13.2 Å². The summed E-state index contributed by atoms with van der Waals surface area (Å²) in [5.41, 5.74) is 1.26. The monoisotopic (exact) mass is 295 g/mol. The van der Waals surface area contributed by atoms with E-state index in [0.717, 1.165) is 25.1 Å². The quantitative estimate of drug-likeness (QED) is 0.871. The third-order valence-corrected chi connectivity index (χ3v) is 6.35. The van der Waals surface area contributed by atoms with E-state index in [1.165, 1.54) is 12.8 Å². The van der Waals surface area contributed by atoms with Gasteiger partial charge in [0.15, 0.2) is 9.84 Å². The number of nitrogens with one attached hydrogen (secondary N) is 1. The van der Waals surface area contributed by atoms with E-state index in [2.05, 4.69) is 5.32 Å². The fourth-order valence-electron chi connectivity index (χ4n) is 2.97. The summed E-state index contributed by atoms with van der Waals surface area (Å²) in [6, 6.07) is 7.28. The number of ether oxygens (including phenoxy) is 1. The van der Waals surface area contributed by atoms with E-state index in [0.29, 0.717) is 10.3 Å². The molecule has 0 amide bonds. The molecule has 2 aliphatic rings. The van der Waals surface area contributed by atoms with Crippen LogP contribution in [0.3, 0.4) is 0 Å². The number of hydrogen-bond acceptors (Lipinski definition) is 4. The first kappa shape index (κ1) is 14.0. The van der Waals surface area contributed by atoms with Crippen LogP contribution in [-0.4, -0.2) is 34.4 Å². The lowest BCUT2D eigenvalue weighted by atomic mass is 10.0. The summed E-state index contributed by atoms with van der Waals surface area (Å²) >= 11 is 0. The molecule has 0 spiro atoms. The van der Waals surface area contributed by atoms with Crippen LogP contribution in [0.15, 0.2) is 29.2 Å². The van der Waals surface area contributed by atoms with Crippen LogP contribution in [0.4, 0.5) is 0 Å². The number of hydrogen-bond donors (Lipinski definition) is 1. The second-order valence-electron chi connectivity index (χ2n) is 6.00. The predicted molar refractivity (Wildman–Crippen MR) is 77.4 cm³/mol. The van der Waals surface area contributed by atoms with Crippen LogP contribution in [-0.2, 0) is 14.6 Å². The molecule has 0 bridgehead atoms. The Morgan fingerprint density at radius 3 is 2.80 bits per heavy atom. The molecule has 0 saturated heterocycles. The van der Waals surface area contributed by atoms with E-state index in [1.807, 2.05) is 12.1 Å². The topological polar surface area (TPSA) is 55.4 Å². The Labute approximate surface area is 120 Å². The Balaban J connectivity index is 1.68. The normalized spacial score (nSPS) is 25.4. The zero-order valence-electron chi connectivity index (χ0n) is 11.8. The van der Waals surface area contributed by atoms with Gasteiger partial charge in [-0.05, 0) is 36.3 Å². The fourth-order valence-corrected chi connectivity index (χ4v) is 4.74. The van der Waals surface area contributed by atoms with Crippen molar-refractivity contribution in [3.8, 4) is 0 Å². The lowest BCUT2D eigenvalue weighted by Gasteiger charge is -2.19. The van der Waals surface area contributed by atoms with Crippen molar-refractivity contribution in [3.63, 3.8) is 0 Å². The van der Waals surface area contributed by atoms with Crippen LogP contribution >= 0.6 is 0 Å². The van der Waals surface area contributed by atoms with Crippen LogP contribution in [0, 0.1) is 5.41 Å². The molecule has 1 N–H and O–H groups in total. The molecule has 1 unspecified atom stereocenters. The highest BCUT2D eigenvalue weighted by Crippen LogP contribution is 2.48. The molecule has 1 heterocycles. The maximum atomic E-state index is 12.1. The highest BCUT2D eigenvalue weighted by molar-refractivity contribution is 7.91. The van der Waals surface area contributed by atoms with Gasteiger partial charge < -0.3 is 10.1 Å². The molecule has 1 aliphatic heterocycles. The van der Waals surface area contributed by atoms with Crippen molar-refractivity contribution in [1.82, 2.24) is 5.32 Å². The Hall–Kier alpha value is -0.910. The minimum absolute atomic E-state index is 0.0591. The minimum Gasteiger partial charge on any atom is -0.385 e. The van der Waals surface area contributed by atoms with Gasteiger partial charge in [0, 0.05) is 26.3 Å². The Morgan fingerprint density at radius 1 is 1.35 bits per heavy atom. The van der Waals surface area contributed by atoms with Crippen LogP contribution in [0.2, 0.25) is 0 Å². The third-order valence-electron chi connectivity index (χ3n) is 4.53. The van der Waals surface area contributed by atoms with E-state index in [4.69, 9.17) is 4.74 Å². The van der Waals surface area contributed by atoms with Crippen molar-refractivity contribution in [2.24, 2.45) is 5.41 Å². The maximum Gasteiger partial charge on any atom is 0.180 e. The second kappa shape index (κ2) is 5.13. The highest BCUT2D eigenvalue weighted by Gasteiger charge is 2.43. The summed E-state index contributed by atoms with van der Waals surface area (Å²) in [6.45, 7) is 1.66. The van der Waals surface area contributed by atoms with Gasteiger partial charge in [-0.1, -0.05) is 18.2 Å². The molecular weight excluding hydrogens is 274 g/mol. The molecule has 20 heavy (non-hydrogen) atoms.